The fraction of sp³-hybridized carbons (Fsp3) is 0. The van der Waals surface area contributed by atoms with Crippen LogP contribution in [0, 0.1) is 6.42 Å². The van der Waals surface area contributed by atoms with E-state index in [1.165, 1.54) is 10.9 Å². The number of hydrogen-bond donors (Lipinski definition) is 0. The van der Waals surface area contributed by atoms with Gasteiger partial charge >= 0.3 is 0 Å². The van der Waals surface area contributed by atoms with Crippen molar-refractivity contribution >= 4 is 23.4 Å². The van der Waals surface area contributed by atoms with Crippen LogP contribution in [-0.2, 0) is 0 Å². The topological polar surface area (TPSA) is 0 Å². The van der Waals surface area contributed by atoms with Gasteiger partial charge in [0.25, 0.3) is 0 Å². The maximum absolute atomic E-state index is 6.15. The summed E-state index contributed by atoms with van der Waals surface area (Å²) in [6.45, 7) is 6.15. The van der Waals surface area contributed by atoms with Crippen LogP contribution < -0.4 is 10.4 Å². The Balaban J connectivity index is 2.58. The molecule has 0 saturated carbocycles. The third-order valence-corrected chi connectivity index (χ3v) is 2.81. The molecule has 3 rings (SSSR count). The van der Waals surface area contributed by atoms with E-state index in [1.54, 1.807) is 0 Å². The van der Waals surface area contributed by atoms with E-state index < -0.39 is 0 Å². The molecule has 0 radical (unpaired) electrons. The quantitative estimate of drug-likeness (QED) is 0.558. The average Bonchev–Trinajstić information content (AvgIpc) is 2.30. The molecule has 0 unspecified atom stereocenters. The first-order chi connectivity index (χ1) is 7.36. The van der Waals surface area contributed by atoms with Crippen molar-refractivity contribution in [2.24, 2.45) is 0 Å². The smallest absolute Gasteiger partial charge is 0.101 e. The van der Waals surface area contributed by atoms with Crippen molar-refractivity contribution in [3.63, 3.8) is 0 Å². The van der Waals surface area contributed by atoms with Crippen molar-refractivity contribution in [1.82, 2.24) is 0 Å². The highest BCUT2D eigenvalue weighted by molar-refractivity contribution is 5.85. The zero-order valence-corrected chi connectivity index (χ0v) is 8.27. The van der Waals surface area contributed by atoms with Gasteiger partial charge in [0.15, 0.2) is 0 Å². The van der Waals surface area contributed by atoms with Crippen LogP contribution in [0.1, 0.15) is 5.56 Å². The van der Waals surface area contributed by atoms with Crippen LogP contribution in [0.4, 0.5) is 0 Å². The Morgan fingerprint density at radius 2 is 2.00 bits per heavy atom. The minimum atomic E-state index is 0.878. The molecule has 1 aliphatic carbocycles. The normalized spacial score (nSPS) is 13.0. The molecule has 0 saturated heterocycles. The SMILES string of the molecule is [CH+]=c1c2c(cc3ccccc13)[CH-]C=CC=2. The number of allylic oxidation sites excluding steroid dienone is 2. The number of fused-ring (bicyclic) bond motifs is 2. The second-order valence-corrected chi connectivity index (χ2v) is 3.73. The van der Waals surface area contributed by atoms with E-state index in [4.69, 9.17) is 6.58 Å². The molecule has 15 heavy (non-hydrogen) atoms. The largest absolute Gasteiger partial charge is 0.145 e. The molecular formula is C15H10. The molecule has 0 N–H and O–H groups in total. The average molecular weight is 190 g/mol. The summed E-state index contributed by atoms with van der Waals surface area (Å²) in [5.41, 5.74) is 1.20. The Morgan fingerprint density at radius 3 is 2.93 bits per heavy atom. The van der Waals surface area contributed by atoms with Crippen LogP contribution in [0.25, 0.3) is 23.4 Å². The fourth-order valence-corrected chi connectivity index (χ4v) is 2.05. The molecule has 0 spiro atoms. The molecule has 0 nitrogen and oxygen atoms in total. The Morgan fingerprint density at radius 1 is 1.13 bits per heavy atom. The number of benzene rings is 2. The van der Waals surface area contributed by atoms with Gasteiger partial charge in [0.2, 0.25) is 0 Å². The van der Waals surface area contributed by atoms with Crippen LogP contribution in [0.2, 0.25) is 0 Å². The molecule has 70 valence electrons. The zero-order chi connectivity index (χ0) is 10.3. The summed E-state index contributed by atoms with van der Waals surface area (Å²) < 4.78 is 0. The maximum Gasteiger partial charge on any atom is 0.101 e. The molecule has 0 amide bonds. The van der Waals surface area contributed by atoms with Crippen LogP contribution in [0.5, 0.6) is 0 Å². The minimum Gasteiger partial charge on any atom is -0.145 e. The summed E-state index contributed by atoms with van der Waals surface area (Å²) >= 11 is 0. The minimum absolute atomic E-state index is 0.878. The molecule has 2 aromatic carbocycles. The fourth-order valence-electron chi connectivity index (χ4n) is 2.05. The van der Waals surface area contributed by atoms with Gasteiger partial charge in [0, 0.05) is 6.07 Å². The molecule has 2 aromatic rings. The maximum atomic E-state index is 6.15. The highest BCUT2D eigenvalue weighted by Crippen LogP contribution is 2.11. The lowest BCUT2D eigenvalue weighted by molar-refractivity contribution is 1.43. The van der Waals surface area contributed by atoms with Crippen LogP contribution in [0.15, 0.2) is 42.5 Å². The van der Waals surface area contributed by atoms with E-state index in [2.05, 4.69) is 30.7 Å². The summed E-state index contributed by atoms with van der Waals surface area (Å²) in [4.78, 5) is 0. The van der Waals surface area contributed by atoms with Crippen molar-refractivity contribution in [1.29, 1.82) is 0 Å². The predicted octanol–water partition coefficient (Wildman–Crippen LogP) is 2.03. The first kappa shape index (κ1) is 8.28. The summed E-state index contributed by atoms with van der Waals surface area (Å²) in [7, 11) is 0. The second kappa shape index (κ2) is 2.98. The molecular weight excluding hydrogens is 180 g/mol. The van der Waals surface area contributed by atoms with Gasteiger partial charge in [0.05, 0.1) is 5.39 Å². The summed E-state index contributed by atoms with van der Waals surface area (Å²) in [6, 6.07) is 10.4. The predicted molar refractivity (Wildman–Crippen MR) is 64.7 cm³/mol. The van der Waals surface area contributed by atoms with Gasteiger partial charge in [0.1, 0.15) is 5.22 Å². The van der Waals surface area contributed by atoms with Gasteiger partial charge < -0.3 is 0 Å². The van der Waals surface area contributed by atoms with Crippen molar-refractivity contribution < 1.29 is 0 Å². The lowest BCUT2D eigenvalue weighted by atomic mass is 9.97. The van der Waals surface area contributed by atoms with Crippen molar-refractivity contribution in [2.75, 3.05) is 0 Å². The molecule has 0 aromatic heterocycles. The van der Waals surface area contributed by atoms with E-state index in [0.29, 0.717) is 0 Å². The molecule has 0 aliphatic heterocycles. The standard InChI is InChI=1S/C15H10/c1-11-14-8-4-2-6-12(14)10-13-7-3-5-9-15(11)13/h1-10H. The second-order valence-electron chi connectivity index (χ2n) is 3.73. The monoisotopic (exact) mass is 190 g/mol. The third kappa shape index (κ3) is 1.16. The molecule has 0 heterocycles. The van der Waals surface area contributed by atoms with Crippen LogP contribution >= 0.6 is 0 Å². The molecule has 0 bridgehead atoms. The van der Waals surface area contributed by atoms with E-state index in [-0.39, 0.29) is 0 Å². The van der Waals surface area contributed by atoms with Crippen molar-refractivity contribution in [3.8, 4) is 0 Å². The lowest BCUT2D eigenvalue weighted by Crippen LogP contribution is -2.28. The number of rotatable bonds is 0. The zero-order valence-electron chi connectivity index (χ0n) is 8.27. The Kier molecular flexibility index (Phi) is 1.65. The van der Waals surface area contributed by atoms with Gasteiger partial charge in [-0.1, -0.05) is 17.4 Å². The first-order valence-electron chi connectivity index (χ1n) is 5.02. The van der Waals surface area contributed by atoms with Crippen LogP contribution in [0.3, 0.4) is 0 Å². The van der Waals surface area contributed by atoms with E-state index >= 15 is 0 Å². The molecule has 0 heteroatoms. The van der Waals surface area contributed by atoms with Gasteiger partial charge in [-0.3, -0.25) is 0 Å². The van der Waals surface area contributed by atoms with Gasteiger partial charge in [-0.2, -0.15) is 0 Å². The van der Waals surface area contributed by atoms with Gasteiger partial charge in [-0.25, -0.2) is 0 Å². The molecule has 1 aliphatic rings. The van der Waals surface area contributed by atoms with E-state index in [0.717, 1.165) is 15.8 Å². The van der Waals surface area contributed by atoms with E-state index in [9.17, 15) is 0 Å². The van der Waals surface area contributed by atoms with Crippen molar-refractivity contribution in [3.05, 3.63) is 64.9 Å². The Hall–Kier alpha value is -2.04. The molecule has 0 fully saturated rings. The summed E-state index contributed by atoms with van der Waals surface area (Å²) in [5, 5.41) is 4.35. The van der Waals surface area contributed by atoms with Gasteiger partial charge in [-0.15, -0.1) is 36.3 Å². The lowest BCUT2D eigenvalue weighted by Gasteiger charge is -2.11. The highest BCUT2D eigenvalue weighted by Gasteiger charge is 2.00. The summed E-state index contributed by atoms with van der Waals surface area (Å²) in [6.07, 6.45) is 8.22. The highest BCUT2D eigenvalue weighted by atomic mass is 14.1. The number of hydrogen-bond acceptors (Lipinski definition) is 0. The van der Waals surface area contributed by atoms with Crippen LogP contribution in [-0.4, -0.2) is 0 Å². The first-order valence-corrected chi connectivity index (χ1v) is 5.02. The third-order valence-electron chi connectivity index (χ3n) is 2.81. The summed E-state index contributed by atoms with van der Waals surface area (Å²) in [5.74, 6) is 0. The van der Waals surface area contributed by atoms with Gasteiger partial charge in [-0.05, 0) is 18.0 Å². The van der Waals surface area contributed by atoms with Crippen molar-refractivity contribution in [2.45, 2.75) is 0 Å². The van der Waals surface area contributed by atoms with E-state index in [1.807, 2.05) is 24.3 Å². The molecule has 0 atom stereocenters. The Labute approximate surface area is 88.9 Å². The Bertz CT molecular complexity index is 660.